The summed E-state index contributed by atoms with van der Waals surface area (Å²) in [6.07, 6.45) is 0. The summed E-state index contributed by atoms with van der Waals surface area (Å²) < 4.78 is 0. The predicted octanol–water partition coefficient (Wildman–Crippen LogP) is -1.31. The van der Waals surface area contributed by atoms with E-state index in [9.17, 15) is 4.79 Å². The number of aliphatic carboxylic acids is 1. The van der Waals surface area contributed by atoms with Crippen molar-refractivity contribution in [2.45, 2.75) is 6.04 Å². The van der Waals surface area contributed by atoms with Gasteiger partial charge in [-0.1, -0.05) is 0 Å². The molecule has 0 aliphatic rings. The maximum atomic E-state index is 10.8. The number of nitrogen functional groups attached to an aromatic ring is 1. The van der Waals surface area contributed by atoms with Crippen molar-refractivity contribution < 1.29 is 9.90 Å². The second-order valence-corrected chi connectivity index (χ2v) is 3.33. The van der Waals surface area contributed by atoms with Crippen LogP contribution in [0, 0.1) is 5.41 Å². The number of anilines is 1. The van der Waals surface area contributed by atoms with Crippen LogP contribution in [0.1, 0.15) is 11.7 Å². The molecule has 0 spiro atoms. The Hall–Kier alpha value is -0.830. The second kappa shape index (κ2) is 5.91. The normalized spacial score (nSPS) is 11.2. The van der Waals surface area contributed by atoms with Crippen molar-refractivity contribution >= 4 is 58.0 Å². The van der Waals surface area contributed by atoms with Crippen LogP contribution in [0.25, 0.3) is 0 Å². The molecule has 78 valence electrons. The first kappa shape index (κ1) is 14.2. The van der Waals surface area contributed by atoms with E-state index in [1.54, 1.807) is 0 Å². The zero-order chi connectivity index (χ0) is 10.7. The Morgan fingerprint density at radius 3 is 2.67 bits per heavy atom. The number of nitrogens with two attached hydrogens (primary N) is 2. The first-order chi connectivity index (χ1) is 6.50. The monoisotopic (exact) mass is 239 g/mol. The molecule has 0 bridgehead atoms. The van der Waals surface area contributed by atoms with E-state index in [1.165, 1.54) is 5.38 Å². The third-order valence-corrected chi connectivity index (χ3v) is 2.07. The van der Waals surface area contributed by atoms with Gasteiger partial charge in [-0.25, -0.2) is 9.78 Å². The number of nitrogens with zero attached hydrogens (tertiary/aromatic N) is 1. The van der Waals surface area contributed by atoms with Crippen molar-refractivity contribution in [2.24, 2.45) is 5.73 Å². The summed E-state index contributed by atoms with van der Waals surface area (Å²) in [5.74, 6) is -1.59. The van der Waals surface area contributed by atoms with Crippen molar-refractivity contribution in [1.82, 2.24) is 10.3 Å². The first-order valence-corrected chi connectivity index (χ1v) is 4.43. The van der Waals surface area contributed by atoms with Crippen LogP contribution in [0.5, 0.6) is 0 Å². The fraction of sp³-hybridized carbons (Fsp3) is 0.167. The molecule has 7 nitrogen and oxygen atoms in total. The maximum absolute atomic E-state index is 10.8. The number of carbonyl (C=O) groups is 1. The minimum atomic E-state index is -1.16. The molecule has 0 aromatic carbocycles. The summed E-state index contributed by atoms with van der Waals surface area (Å²) in [7, 11) is 0. The molecule has 15 heavy (non-hydrogen) atoms. The Labute approximate surface area is 112 Å². The number of nitrogens with one attached hydrogen (secondary N) is 2. The summed E-state index contributed by atoms with van der Waals surface area (Å²) in [6, 6.07) is -1.12. The Balaban J connectivity index is 0.00000196. The number of hydrogen-bond acceptors (Lipinski definition) is 5. The van der Waals surface area contributed by atoms with Gasteiger partial charge < -0.3 is 21.9 Å². The van der Waals surface area contributed by atoms with Gasteiger partial charge in [0.25, 0.3) is 0 Å². The number of thiazole rings is 1. The summed E-state index contributed by atoms with van der Waals surface area (Å²) in [5.41, 5.74) is 10.6. The molecule has 0 fully saturated rings. The summed E-state index contributed by atoms with van der Waals surface area (Å²) in [5, 5.41) is 19.8. The van der Waals surface area contributed by atoms with Gasteiger partial charge in [-0.15, -0.1) is 11.3 Å². The van der Waals surface area contributed by atoms with Crippen molar-refractivity contribution in [3.8, 4) is 0 Å². The van der Waals surface area contributed by atoms with Crippen molar-refractivity contribution in [3.05, 3.63) is 11.1 Å². The standard InChI is InChI=1S/C6H9N5O2S.Na.H/c7-5(8)11-3(4(12)13)2-1-14-6(9)10-2;;/h1,3H,(H2,9,10)(H,12,13)(H4,7,8,11);;. The molecule has 1 aromatic rings. The molecule has 9 heteroatoms. The van der Waals surface area contributed by atoms with Crippen LogP contribution in [0.15, 0.2) is 5.38 Å². The van der Waals surface area contributed by atoms with Crippen LogP contribution in [-0.2, 0) is 4.79 Å². The molecular formula is C6H10N5NaO2S. The van der Waals surface area contributed by atoms with Crippen LogP contribution in [0.2, 0.25) is 0 Å². The van der Waals surface area contributed by atoms with Gasteiger partial charge in [-0.05, 0) is 0 Å². The number of carboxylic acids is 1. The molecule has 0 saturated carbocycles. The molecule has 1 rings (SSSR count). The molecule has 1 heterocycles. The van der Waals surface area contributed by atoms with Gasteiger partial charge in [0.15, 0.2) is 17.1 Å². The van der Waals surface area contributed by atoms with Gasteiger partial charge in [0.1, 0.15) is 0 Å². The van der Waals surface area contributed by atoms with E-state index in [0.717, 1.165) is 11.3 Å². The van der Waals surface area contributed by atoms with E-state index in [2.05, 4.69) is 10.3 Å². The van der Waals surface area contributed by atoms with Gasteiger partial charge in [0.2, 0.25) is 0 Å². The van der Waals surface area contributed by atoms with Crippen LogP contribution < -0.4 is 16.8 Å². The molecule has 1 unspecified atom stereocenters. The molecule has 0 saturated heterocycles. The number of rotatable bonds is 3. The Morgan fingerprint density at radius 1 is 1.73 bits per heavy atom. The van der Waals surface area contributed by atoms with Crippen LogP contribution in [-0.4, -0.2) is 51.6 Å². The van der Waals surface area contributed by atoms with E-state index < -0.39 is 18.0 Å². The van der Waals surface area contributed by atoms with Crippen molar-refractivity contribution in [2.75, 3.05) is 5.73 Å². The number of hydrogen-bond donors (Lipinski definition) is 5. The topological polar surface area (TPSA) is 138 Å². The molecule has 1 atom stereocenters. The fourth-order valence-electron chi connectivity index (χ4n) is 0.851. The number of guanidine groups is 1. The molecule has 1 aromatic heterocycles. The summed E-state index contributed by atoms with van der Waals surface area (Å²) in [6.45, 7) is 0. The molecular weight excluding hydrogens is 229 g/mol. The summed E-state index contributed by atoms with van der Waals surface area (Å²) >= 11 is 1.13. The predicted molar refractivity (Wildman–Crippen MR) is 59.1 cm³/mol. The average Bonchev–Trinajstić information content (AvgIpc) is 2.46. The zero-order valence-corrected chi connectivity index (χ0v) is 7.84. The van der Waals surface area contributed by atoms with Gasteiger partial charge in [-0.3, -0.25) is 5.41 Å². The quantitative estimate of drug-likeness (QED) is 0.252. The Morgan fingerprint density at radius 2 is 2.33 bits per heavy atom. The first-order valence-electron chi connectivity index (χ1n) is 3.55. The van der Waals surface area contributed by atoms with E-state index in [1.807, 2.05) is 0 Å². The van der Waals surface area contributed by atoms with Crippen molar-refractivity contribution in [1.29, 1.82) is 5.41 Å². The minimum absolute atomic E-state index is 0. The molecule has 7 N–H and O–H groups in total. The van der Waals surface area contributed by atoms with E-state index in [-0.39, 0.29) is 40.4 Å². The van der Waals surface area contributed by atoms with Gasteiger partial charge in [0.05, 0.1) is 5.69 Å². The SMILES string of the molecule is N=C(N)NC(C(=O)O)c1csc(N)n1.[NaH]. The number of carboxylic acid groups (broad SMARTS) is 1. The van der Waals surface area contributed by atoms with Crippen LogP contribution >= 0.6 is 11.3 Å². The number of aromatic nitrogens is 1. The van der Waals surface area contributed by atoms with Gasteiger partial charge in [0, 0.05) is 5.38 Å². The Kier molecular flexibility index (Phi) is 5.58. The third-order valence-electron chi connectivity index (χ3n) is 1.38. The molecule has 0 amide bonds. The Bertz CT molecular complexity index is 368. The average molecular weight is 239 g/mol. The van der Waals surface area contributed by atoms with Crippen LogP contribution in [0.4, 0.5) is 5.13 Å². The van der Waals surface area contributed by atoms with E-state index in [4.69, 9.17) is 22.0 Å². The van der Waals surface area contributed by atoms with Crippen LogP contribution in [0.3, 0.4) is 0 Å². The molecule has 0 radical (unpaired) electrons. The zero-order valence-electron chi connectivity index (χ0n) is 7.02. The van der Waals surface area contributed by atoms with Crippen molar-refractivity contribution in [3.63, 3.8) is 0 Å². The molecule has 0 aliphatic carbocycles. The fourth-order valence-corrected chi connectivity index (χ4v) is 1.44. The molecule has 0 aliphatic heterocycles. The second-order valence-electron chi connectivity index (χ2n) is 2.44. The third kappa shape index (κ3) is 4.04. The van der Waals surface area contributed by atoms with Gasteiger partial charge >= 0.3 is 35.5 Å². The van der Waals surface area contributed by atoms with E-state index in [0.29, 0.717) is 0 Å². The van der Waals surface area contributed by atoms with Gasteiger partial charge in [-0.2, -0.15) is 0 Å². The summed E-state index contributed by atoms with van der Waals surface area (Å²) in [4.78, 5) is 14.5. The van der Waals surface area contributed by atoms with E-state index >= 15 is 0 Å².